The Labute approximate surface area is 83.0 Å². The Morgan fingerprint density at radius 3 is 2.07 bits per heavy atom. The van der Waals surface area contributed by atoms with Gasteiger partial charge in [0.15, 0.2) is 0 Å². The molecule has 0 bridgehead atoms. The minimum absolute atomic E-state index is 0.583. The van der Waals surface area contributed by atoms with E-state index in [1.54, 1.807) is 17.0 Å². The molecule has 1 aromatic rings. The fourth-order valence-corrected chi connectivity index (χ4v) is 1.42. The van der Waals surface area contributed by atoms with Gasteiger partial charge >= 0.3 is 10.3 Å². The van der Waals surface area contributed by atoms with E-state index < -0.39 is 10.3 Å². The zero-order chi connectivity index (χ0) is 10.8. The molecule has 0 aliphatic rings. The van der Waals surface area contributed by atoms with E-state index in [-0.39, 0.29) is 0 Å². The first-order valence-electron chi connectivity index (χ1n) is 3.95. The van der Waals surface area contributed by atoms with Crippen LogP contribution in [0.1, 0.15) is 11.1 Å². The highest BCUT2D eigenvalue weighted by molar-refractivity contribution is 7.83. The molecule has 0 saturated heterocycles. The third kappa shape index (κ3) is 3.73. The van der Waals surface area contributed by atoms with Crippen LogP contribution >= 0.6 is 0 Å². The zero-order valence-electron chi connectivity index (χ0n) is 7.90. The van der Waals surface area contributed by atoms with E-state index >= 15 is 0 Å². The van der Waals surface area contributed by atoms with Crippen molar-refractivity contribution in [2.75, 3.05) is 5.43 Å². The summed E-state index contributed by atoms with van der Waals surface area (Å²) in [5.41, 5.74) is 4.97. The molecular formula is C8H12N2O3S. The maximum absolute atomic E-state index is 10.4. The average Bonchev–Trinajstić information content (AvgIpc) is 1.97. The third-order valence-electron chi connectivity index (χ3n) is 1.55. The van der Waals surface area contributed by atoms with Gasteiger partial charge < -0.3 is 5.43 Å². The van der Waals surface area contributed by atoms with E-state index in [0.717, 1.165) is 11.1 Å². The highest BCUT2D eigenvalue weighted by Crippen LogP contribution is 2.12. The number of nitrogens with one attached hydrogen (secondary N) is 2. The first-order chi connectivity index (χ1) is 6.37. The van der Waals surface area contributed by atoms with Crippen LogP contribution in [0.3, 0.4) is 0 Å². The van der Waals surface area contributed by atoms with Crippen molar-refractivity contribution in [3.05, 3.63) is 29.3 Å². The van der Waals surface area contributed by atoms with E-state index in [2.05, 4.69) is 5.43 Å². The van der Waals surface area contributed by atoms with E-state index in [4.69, 9.17) is 4.55 Å². The molecule has 0 atom stereocenters. The molecule has 0 unspecified atom stereocenters. The van der Waals surface area contributed by atoms with Gasteiger partial charge in [-0.15, -0.1) is 4.83 Å². The van der Waals surface area contributed by atoms with Crippen molar-refractivity contribution in [2.24, 2.45) is 0 Å². The van der Waals surface area contributed by atoms with Crippen LogP contribution in [0.5, 0.6) is 0 Å². The molecule has 0 aromatic heterocycles. The third-order valence-corrected chi connectivity index (χ3v) is 1.91. The summed E-state index contributed by atoms with van der Waals surface area (Å²) in [4.78, 5) is 1.77. The van der Waals surface area contributed by atoms with Gasteiger partial charge in [0.1, 0.15) is 0 Å². The maximum atomic E-state index is 10.4. The van der Waals surface area contributed by atoms with Crippen molar-refractivity contribution in [1.82, 2.24) is 4.83 Å². The molecule has 0 saturated carbocycles. The molecule has 0 spiro atoms. The minimum atomic E-state index is -4.21. The minimum Gasteiger partial charge on any atom is -0.306 e. The summed E-state index contributed by atoms with van der Waals surface area (Å²) in [7, 11) is -4.21. The second-order valence-corrected chi connectivity index (χ2v) is 4.23. The summed E-state index contributed by atoms with van der Waals surface area (Å²) < 4.78 is 29.1. The molecule has 0 radical (unpaired) electrons. The lowest BCUT2D eigenvalue weighted by atomic mass is 10.1. The van der Waals surface area contributed by atoms with Gasteiger partial charge in [0.25, 0.3) is 0 Å². The van der Waals surface area contributed by atoms with Crippen molar-refractivity contribution >= 4 is 16.0 Å². The lowest BCUT2D eigenvalue weighted by molar-refractivity contribution is 0.473. The first-order valence-corrected chi connectivity index (χ1v) is 5.39. The fraction of sp³-hybridized carbons (Fsp3) is 0.250. The van der Waals surface area contributed by atoms with Crippen LogP contribution in [0.2, 0.25) is 0 Å². The van der Waals surface area contributed by atoms with E-state index in [1.165, 1.54) is 0 Å². The molecule has 78 valence electrons. The molecule has 0 fully saturated rings. The predicted molar refractivity (Wildman–Crippen MR) is 54.2 cm³/mol. The maximum Gasteiger partial charge on any atom is 0.350 e. The standard InChI is InChI=1S/C8H12N2O3S/c1-6-3-7(2)5-8(4-6)9-10-14(11,12)13/h3-5,9-10H,1-2H3,(H,11,12,13). The SMILES string of the molecule is Cc1cc(C)cc(NNS(=O)(=O)O)c1. The van der Waals surface area contributed by atoms with Crippen LogP contribution in [0.4, 0.5) is 5.69 Å². The Morgan fingerprint density at radius 1 is 1.14 bits per heavy atom. The van der Waals surface area contributed by atoms with Gasteiger partial charge in [-0.25, -0.2) is 0 Å². The Hall–Kier alpha value is -1.11. The predicted octanol–water partition coefficient (Wildman–Crippen LogP) is 1.02. The molecule has 0 heterocycles. The van der Waals surface area contributed by atoms with Gasteiger partial charge in [-0.3, -0.25) is 4.55 Å². The van der Waals surface area contributed by atoms with E-state index in [1.807, 2.05) is 19.9 Å². The summed E-state index contributed by atoms with van der Waals surface area (Å²) in [6.45, 7) is 3.79. The summed E-state index contributed by atoms with van der Waals surface area (Å²) >= 11 is 0. The Bertz CT molecular complexity index is 408. The highest BCUT2D eigenvalue weighted by Gasteiger charge is 2.01. The summed E-state index contributed by atoms with van der Waals surface area (Å²) in [6, 6.07) is 5.47. The van der Waals surface area contributed by atoms with Gasteiger partial charge in [-0.05, 0) is 37.1 Å². The average molecular weight is 216 g/mol. The van der Waals surface area contributed by atoms with Crippen molar-refractivity contribution in [1.29, 1.82) is 0 Å². The van der Waals surface area contributed by atoms with Crippen molar-refractivity contribution in [3.8, 4) is 0 Å². The molecule has 6 heteroatoms. The lowest BCUT2D eigenvalue weighted by Crippen LogP contribution is -2.28. The van der Waals surface area contributed by atoms with Crippen molar-refractivity contribution in [3.63, 3.8) is 0 Å². The zero-order valence-corrected chi connectivity index (χ0v) is 8.72. The van der Waals surface area contributed by atoms with Crippen LogP contribution in [0.25, 0.3) is 0 Å². The smallest absolute Gasteiger partial charge is 0.306 e. The monoisotopic (exact) mass is 216 g/mol. The summed E-state index contributed by atoms with van der Waals surface area (Å²) in [5, 5.41) is 0. The molecule has 5 nitrogen and oxygen atoms in total. The molecule has 0 amide bonds. The van der Waals surface area contributed by atoms with Gasteiger partial charge in [-0.1, -0.05) is 6.07 Å². The highest BCUT2D eigenvalue weighted by atomic mass is 32.2. The lowest BCUT2D eigenvalue weighted by Gasteiger charge is -2.07. The van der Waals surface area contributed by atoms with Crippen LogP contribution < -0.4 is 10.3 Å². The van der Waals surface area contributed by atoms with Gasteiger partial charge in [0.05, 0.1) is 5.69 Å². The van der Waals surface area contributed by atoms with Crippen molar-refractivity contribution < 1.29 is 13.0 Å². The molecule has 1 rings (SSSR count). The molecule has 3 N–H and O–H groups in total. The summed E-state index contributed by atoms with van der Waals surface area (Å²) in [5.74, 6) is 0. The van der Waals surface area contributed by atoms with E-state index in [0.29, 0.717) is 5.69 Å². The number of hydrogen-bond donors (Lipinski definition) is 3. The Morgan fingerprint density at radius 2 is 1.64 bits per heavy atom. The largest absolute Gasteiger partial charge is 0.350 e. The number of hydrazine groups is 1. The summed E-state index contributed by atoms with van der Waals surface area (Å²) in [6.07, 6.45) is 0. The number of anilines is 1. The van der Waals surface area contributed by atoms with Crippen LogP contribution in [-0.2, 0) is 10.3 Å². The van der Waals surface area contributed by atoms with Gasteiger partial charge in [0, 0.05) is 0 Å². The number of benzene rings is 1. The van der Waals surface area contributed by atoms with E-state index in [9.17, 15) is 8.42 Å². The second-order valence-electron chi connectivity index (χ2n) is 3.08. The topological polar surface area (TPSA) is 78.4 Å². The Balaban J connectivity index is 2.78. The second kappa shape index (κ2) is 3.95. The fourth-order valence-electron chi connectivity index (χ4n) is 1.17. The number of hydrogen-bond acceptors (Lipinski definition) is 3. The molecule has 14 heavy (non-hydrogen) atoms. The van der Waals surface area contributed by atoms with Gasteiger partial charge in [-0.2, -0.15) is 8.42 Å². The normalized spacial score (nSPS) is 11.4. The van der Waals surface area contributed by atoms with Gasteiger partial charge in [0.2, 0.25) is 0 Å². The first kappa shape index (κ1) is 11.0. The molecular weight excluding hydrogens is 204 g/mol. The number of rotatable bonds is 3. The van der Waals surface area contributed by atoms with Crippen LogP contribution in [0, 0.1) is 13.8 Å². The number of aryl methyl sites for hydroxylation is 2. The molecule has 1 aromatic carbocycles. The van der Waals surface area contributed by atoms with Crippen molar-refractivity contribution in [2.45, 2.75) is 13.8 Å². The van der Waals surface area contributed by atoms with Crippen LogP contribution in [0.15, 0.2) is 18.2 Å². The van der Waals surface area contributed by atoms with Crippen LogP contribution in [-0.4, -0.2) is 13.0 Å². The molecule has 0 aliphatic carbocycles. The Kier molecular flexibility index (Phi) is 3.10. The molecule has 0 aliphatic heterocycles. The quantitative estimate of drug-likeness (QED) is 0.520.